The van der Waals surface area contributed by atoms with Crippen LogP contribution in [0, 0.1) is 0 Å². The Balaban J connectivity index is 1.81. The van der Waals surface area contributed by atoms with Crippen LogP contribution in [-0.2, 0) is 23.9 Å². The first-order chi connectivity index (χ1) is 20.1. The van der Waals surface area contributed by atoms with E-state index in [9.17, 15) is 24.0 Å². The van der Waals surface area contributed by atoms with Crippen LogP contribution in [0.15, 0.2) is 63.5 Å². The molecule has 42 heavy (non-hydrogen) atoms. The molecule has 3 aromatic rings. The van der Waals surface area contributed by atoms with Crippen molar-refractivity contribution in [2.45, 2.75) is 40.7 Å². The molecule has 0 bridgehead atoms. The summed E-state index contributed by atoms with van der Waals surface area (Å²) in [4.78, 5) is 71.0. The number of nitrogens with zero attached hydrogens (tertiary/aromatic N) is 3. The Kier molecular flexibility index (Phi) is 7.65. The molecule has 11 nitrogen and oxygen atoms in total. The van der Waals surface area contributed by atoms with Crippen LogP contribution in [0.4, 0.5) is 5.69 Å². The van der Waals surface area contributed by atoms with Crippen LogP contribution in [0.3, 0.4) is 0 Å². The highest BCUT2D eigenvalue weighted by atomic mass is 32.1. The van der Waals surface area contributed by atoms with Crippen molar-refractivity contribution in [1.29, 1.82) is 0 Å². The number of thiazole rings is 1. The molecule has 216 valence electrons. The van der Waals surface area contributed by atoms with Crippen LogP contribution in [0.5, 0.6) is 11.5 Å². The summed E-state index contributed by atoms with van der Waals surface area (Å²) in [6.45, 7) is 7.99. The Morgan fingerprint density at radius 3 is 2.40 bits per heavy atom. The van der Waals surface area contributed by atoms with Crippen molar-refractivity contribution < 1.29 is 33.4 Å². The van der Waals surface area contributed by atoms with Gasteiger partial charge in [0, 0.05) is 19.4 Å². The van der Waals surface area contributed by atoms with E-state index in [4.69, 9.17) is 14.2 Å². The maximum absolute atomic E-state index is 14.2. The summed E-state index contributed by atoms with van der Waals surface area (Å²) in [5.74, 6) is -1.87. The van der Waals surface area contributed by atoms with E-state index in [0.29, 0.717) is 22.5 Å². The number of rotatable bonds is 6. The van der Waals surface area contributed by atoms with Gasteiger partial charge in [-0.25, -0.2) is 14.7 Å². The number of imide groups is 1. The van der Waals surface area contributed by atoms with Crippen LogP contribution in [-0.4, -0.2) is 41.5 Å². The van der Waals surface area contributed by atoms with E-state index >= 15 is 0 Å². The second kappa shape index (κ2) is 11.2. The molecule has 0 aliphatic carbocycles. The molecule has 12 heteroatoms. The molecule has 1 aromatic heterocycles. The first kappa shape index (κ1) is 28.7. The van der Waals surface area contributed by atoms with Crippen molar-refractivity contribution in [3.8, 4) is 11.5 Å². The van der Waals surface area contributed by atoms with Gasteiger partial charge in [-0.3, -0.25) is 23.7 Å². The second-order valence-corrected chi connectivity index (χ2v) is 10.4. The third-order valence-corrected chi connectivity index (χ3v) is 7.76. The summed E-state index contributed by atoms with van der Waals surface area (Å²) in [7, 11) is 0. The quantitative estimate of drug-likeness (QED) is 0.316. The van der Waals surface area contributed by atoms with Gasteiger partial charge in [0.05, 0.1) is 41.8 Å². The lowest BCUT2D eigenvalue weighted by molar-refractivity contribution is -0.139. The van der Waals surface area contributed by atoms with Gasteiger partial charge in [-0.15, -0.1) is 0 Å². The van der Waals surface area contributed by atoms with Gasteiger partial charge < -0.3 is 14.2 Å². The molecule has 0 N–H and O–H groups in total. The molecular weight excluding hydrogens is 562 g/mol. The minimum absolute atomic E-state index is 0.0828. The lowest BCUT2D eigenvalue weighted by Crippen LogP contribution is -2.41. The molecule has 0 saturated carbocycles. The van der Waals surface area contributed by atoms with E-state index in [1.54, 1.807) is 57.2 Å². The van der Waals surface area contributed by atoms with Crippen molar-refractivity contribution in [2.24, 2.45) is 4.99 Å². The number of carbonyl (C=O) groups excluding carboxylic acids is 4. The normalized spacial score (nSPS) is 16.9. The zero-order valence-corrected chi connectivity index (χ0v) is 24.4. The smallest absolute Gasteiger partial charge is 0.338 e. The number of ether oxygens (including phenoxy) is 3. The number of esters is 2. The number of fused-ring (bicyclic) bond motifs is 2. The molecule has 2 aliphatic rings. The maximum Gasteiger partial charge on any atom is 0.338 e. The Bertz CT molecular complexity index is 1880. The molecule has 2 aromatic carbocycles. The Morgan fingerprint density at radius 2 is 1.74 bits per heavy atom. The van der Waals surface area contributed by atoms with Gasteiger partial charge in [-0.05, 0) is 44.5 Å². The van der Waals surface area contributed by atoms with Crippen molar-refractivity contribution in [3.05, 3.63) is 84.5 Å². The van der Waals surface area contributed by atoms with Gasteiger partial charge in [0.15, 0.2) is 16.3 Å². The summed E-state index contributed by atoms with van der Waals surface area (Å²) < 4.78 is 17.8. The Morgan fingerprint density at radius 1 is 1.00 bits per heavy atom. The lowest BCUT2D eigenvalue weighted by atomic mass is 9.95. The Labute approximate surface area is 244 Å². The number of amides is 2. The van der Waals surface area contributed by atoms with Gasteiger partial charge in [0.2, 0.25) is 5.91 Å². The summed E-state index contributed by atoms with van der Waals surface area (Å²) in [6, 6.07) is 10.5. The van der Waals surface area contributed by atoms with Crippen LogP contribution < -0.4 is 29.3 Å². The standard InChI is InChI=1S/C30H27N3O8S/c1-6-39-22-14-18(12-13-21(22)41-17(5)35)25-23(29(38)40-7-2)15(3)31-30-33(25)28(37)26(42-30)24-19-10-8-9-11-20(19)32(16(4)34)27(24)36/h8-14,25H,6-7H2,1-5H3/b26-24-/t25-/m1/s1. The van der Waals surface area contributed by atoms with E-state index in [-0.39, 0.29) is 45.2 Å². The average molecular weight is 590 g/mol. The number of hydrogen-bond donors (Lipinski definition) is 0. The number of para-hydroxylation sites is 1. The largest absolute Gasteiger partial charge is 0.490 e. The second-order valence-electron chi connectivity index (χ2n) is 9.41. The molecule has 0 fully saturated rings. The summed E-state index contributed by atoms with van der Waals surface area (Å²) in [6.07, 6.45) is 0. The number of aromatic nitrogens is 1. The minimum Gasteiger partial charge on any atom is -0.490 e. The molecular formula is C30H27N3O8S. The predicted molar refractivity (Wildman–Crippen MR) is 153 cm³/mol. The highest BCUT2D eigenvalue weighted by Crippen LogP contribution is 2.38. The topological polar surface area (TPSA) is 134 Å². The summed E-state index contributed by atoms with van der Waals surface area (Å²) >= 11 is 0.997. The first-order valence-corrected chi connectivity index (χ1v) is 14.0. The van der Waals surface area contributed by atoms with E-state index in [0.717, 1.165) is 16.2 Å². The fraction of sp³-hybridized carbons (Fsp3) is 0.267. The first-order valence-electron chi connectivity index (χ1n) is 13.2. The maximum atomic E-state index is 14.2. The van der Waals surface area contributed by atoms with E-state index in [1.807, 2.05) is 0 Å². The summed E-state index contributed by atoms with van der Waals surface area (Å²) in [5.41, 5.74) is 1.29. The van der Waals surface area contributed by atoms with Crippen molar-refractivity contribution in [2.75, 3.05) is 18.1 Å². The van der Waals surface area contributed by atoms with E-state index < -0.39 is 35.4 Å². The molecule has 0 saturated heterocycles. The minimum atomic E-state index is -1.00. The highest BCUT2D eigenvalue weighted by Gasteiger charge is 2.39. The molecule has 3 heterocycles. The van der Waals surface area contributed by atoms with Gasteiger partial charge in [0.25, 0.3) is 11.5 Å². The fourth-order valence-electron chi connectivity index (χ4n) is 5.11. The lowest BCUT2D eigenvalue weighted by Gasteiger charge is -2.25. The van der Waals surface area contributed by atoms with Crippen molar-refractivity contribution in [1.82, 2.24) is 4.57 Å². The fourth-order valence-corrected chi connectivity index (χ4v) is 6.24. The molecule has 2 amide bonds. The van der Waals surface area contributed by atoms with Crippen molar-refractivity contribution >= 4 is 46.4 Å². The predicted octanol–water partition coefficient (Wildman–Crippen LogP) is 2.39. The van der Waals surface area contributed by atoms with E-state index in [2.05, 4.69) is 4.99 Å². The number of benzene rings is 2. The molecule has 0 radical (unpaired) electrons. The van der Waals surface area contributed by atoms with Crippen LogP contribution in [0.25, 0.3) is 5.57 Å². The molecule has 0 unspecified atom stereocenters. The van der Waals surface area contributed by atoms with Crippen LogP contribution in [0.2, 0.25) is 0 Å². The Hall–Kier alpha value is -4.84. The number of allylic oxidation sites excluding steroid dienone is 1. The number of carbonyl (C=O) groups is 4. The molecule has 1 atom stereocenters. The number of hydrogen-bond acceptors (Lipinski definition) is 10. The third kappa shape index (κ3) is 4.73. The zero-order chi connectivity index (χ0) is 30.3. The summed E-state index contributed by atoms with van der Waals surface area (Å²) in [5, 5.41) is 0. The van der Waals surface area contributed by atoms with Crippen LogP contribution in [0.1, 0.15) is 51.8 Å². The van der Waals surface area contributed by atoms with Crippen LogP contribution >= 0.6 is 11.3 Å². The highest BCUT2D eigenvalue weighted by molar-refractivity contribution is 7.07. The number of anilines is 1. The zero-order valence-electron chi connectivity index (χ0n) is 23.5. The van der Waals surface area contributed by atoms with Gasteiger partial charge >= 0.3 is 11.9 Å². The molecule has 2 aliphatic heterocycles. The molecule has 5 rings (SSSR count). The van der Waals surface area contributed by atoms with Gasteiger partial charge in [0.1, 0.15) is 4.53 Å². The van der Waals surface area contributed by atoms with Gasteiger partial charge in [-0.2, -0.15) is 0 Å². The molecule has 0 spiro atoms. The average Bonchev–Trinajstić information content (AvgIpc) is 3.41. The van der Waals surface area contributed by atoms with Gasteiger partial charge in [-0.1, -0.05) is 35.6 Å². The SMILES string of the molecule is CCOC(=O)C1=C(C)N=c2s/c(=C3\C(=O)N(C(C)=O)c4ccccc43)c(=O)n2[C@@H]1c1ccc(OC(C)=O)c(OCC)c1. The van der Waals surface area contributed by atoms with Crippen molar-refractivity contribution in [3.63, 3.8) is 0 Å². The third-order valence-electron chi connectivity index (χ3n) is 6.70. The monoisotopic (exact) mass is 589 g/mol. The van der Waals surface area contributed by atoms with E-state index in [1.165, 1.54) is 24.5 Å².